The topological polar surface area (TPSA) is 84.9 Å². The smallest absolute Gasteiger partial charge is 0.294 e. The van der Waals surface area contributed by atoms with Crippen molar-refractivity contribution in [2.45, 2.75) is 26.4 Å². The SMILES string of the molecule is CC[C@H](C)Oc1c(Cl)cc(/C=C2/SC(=O)N(CC(=O)Nc3ccccc3Cl)C2=O)cc1OC. The Kier molecular flexibility index (Phi) is 8.29. The van der Waals surface area contributed by atoms with Crippen LogP contribution in [0.4, 0.5) is 10.5 Å². The Morgan fingerprint density at radius 3 is 2.61 bits per heavy atom. The molecule has 0 unspecified atom stereocenters. The Labute approximate surface area is 206 Å². The van der Waals surface area contributed by atoms with Crippen LogP contribution in [0, 0.1) is 0 Å². The van der Waals surface area contributed by atoms with Gasteiger partial charge in [-0.15, -0.1) is 0 Å². The van der Waals surface area contributed by atoms with Crippen molar-refractivity contribution in [1.29, 1.82) is 0 Å². The molecule has 3 amide bonds. The minimum absolute atomic E-state index is 0.0596. The van der Waals surface area contributed by atoms with Crippen LogP contribution in [-0.2, 0) is 9.59 Å². The van der Waals surface area contributed by atoms with Crippen LogP contribution in [0.3, 0.4) is 0 Å². The molecular formula is C23H22Cl2N2O5S. The first kappa shape index (κ1) is 25.0. The van der Waals surface area contributed by atoms with Gasteiger partial charge in [0.25, 0.3) is 11.1 Å². The van der Waals surface area contributed by atoms with E-state index in [-0.39, 0.29) is 11.0 Å². The van der Waals surface area contributed by atoms with E-state index in [1.807, 2.05) is 13.8 Å². The lowest BCUT2D eigenvalue weighted by Gasteiger charge is -2.17. The predicted octanol–water partition coefficient (Wildman–Crippen LogP) is 5.85. The third-order valence-corrected chi connectivity index (χ3v) is 6.28. The van der Waals surface area contributed by atoms with Crippen molar-refractivity contribution < 1.29 is 23.9 Å². The van der Waals surface area contributed by atoms with Crippen LogP contribution >= 0.6 is 35.0 Å². The van der Waals surface area contributed by atoms with Gasteiger partial charge in [-0.1, -0.05) is 42.3 Å². The molecule has 33 heavy (non-hydrogen) atoms. The van der Waals surface area contributed by atoms with Crippen molar-refractivity contribution >= 4 is 63.8 Å². The zero-order valence-electron chi connectivity index (χ0n) is 18.2. The van der Waals surface area contributed by atoms with Gasteiger partial charge in [0, 0.05) is 0 Å². The molecule has 3 rings (SSSR count). The molecule has 0 aliphatic carbocycles. The molecule has 7 nitrogen and oxygen atoms in total. The molecule has 0 spiro atoms. The number of rotatable bonds is 8. The van der Waals surface area contributed by atoms with Crippen molar-refractivity contribution in [3.63, 3.8) is 0 Å². The Bertz CT molecular complexity index is 1120. The van der Waals surface area contributed by atoms with Gasteiger partial charge < -0.3 is 14.8 Å². The number of ether oxygens (including phenoxy) is 2. The highest BCUT2D eigenvalue weighted by molar-refractivity contribution is 8.18. The van der Waals surface area contributed by atoms with E-state index in [1.165, 1.54) is 13.2 Å². The fourth-order valence-electron chi connectivity index (χ4n) is 2.91. The van der Waals surface area contributed by atoms with E-state index in [0.29, 0.717) is 32.8 Å². The van der Waals surface area contributed by atoms with Crippen molar-refractivity contribution in [2.75, 3.05) is 19.0 Å². The minimum atomic E-state index is -0.575. The maximum atomic E-state index is 12.8. The maximum absolute atomic E-state index is 12.8. The molecule has 0 radical (unpaired) electrons. The van der Waals surface area contributed by atoms with Gasteiger partial charge in [0.05, 0.1) is 33.9 Å². The molecule has 174 valence electrons. The van der Waals surface area contributed by atoms with Gasteiger partial charge in [-0.2, -0.15) is 0 Å². The van der Waals surface area contributed by atoms with Crippen LogP contribution in [-0.4, -0.2) is 41.7 Å². The number of carbonyl (C=O) groups excluding carboxylic acids is 3. The van der Waals surface area contributed by atoms with Crippen molar-refractivity contribution in [2.24, 2.45) is 0 Å². The van der Waals surface area contributed by atoms with E-state index in [1.54, 1.807) is 36.4 Å². The second kappa shape index (κ2) is 11.0. The number of para-hydroxylation sites is 1. The number of hydrogen-bond donors (Lipinski definition) is 1. The fourth-order valence-corrected chi connectivity index (χ4v) is 4.19. The van der Waals surface area contributed by atoms with E-state index in [4.69, 9.17) is 32.7 Å². The lowest BCUT2D eigenvalue weighted by molar-refractivity contribution is -0.127. The number of anilines is 1. The number of imide groups is 1. The second-order valence-electron chi connectivity index (χ2n) is 7.17. The molecule has 1 N–H and O–H groups in total. The standard InChI is InChI=1S/C23H22Cl2N2O5S/c1-4-13(2)32-21-16(25)9-14(10-18(21)31-3)11-19-22(29)27(23(30)33-19)12-20(28)26-17-8-6-5-7-15(17)24/h5-11,13H,4,12H2,1-3H3,(H,26,28)/b19-11+/t13-/m0/s1. The number of thioether (sulfide) groups is 1. The molecule has 1 aliphatic heterocycles. The normalized spacial score (nSPS) is 15.7. The van der Waals surface area contributed by atoms with Crippen LogP contribution in [0.25, 0.3) is 6.08 Å². The van der Waals surface area contributed by atoms with Crippen molar-refractivity contribution in [3.05, 3.63) is 56.9 Å². The van der Waals surface area contributed by atoms with E-state index < -0.39 is 23.6 Å². The lowest BCUT2D eigenvalue weighted by atomic mass is 10.1. The lowest BCUT2D eigenvalue weighted by Crippen LogP contribution is -2.36. The van der Waals surface area contributed by atoms with Crippen LogP contribution in [0.1, 0.15) is 25.8 Å². The highest BCUT2D eigenvalue weighted by Crippen LogP contribution is 2.39. The van der Waals surface area contributed by atoms with Crippen LogP contribution in [0.5, 0.6) is 11.5 Å². The second-order valence-corrected chi connectivity index (χ2v) is 8.97. The number of hydrogen-bond acceptors (Lipinski definition) is 6. The summed E-state index contributed by atoms with van der Waals surface area (Å²) in [6, 6.07) is 9.98. The highest BCUT2D eigenvalue weighted by atomic mass is 35.5. The quantitative estimate of drug-likeness (QED) is 0.449. The summed E-state index contributed by atoms with van der Waals surface area (Å²) < 4.78 is 11.2. The number of methoxy groups -OCH3 is 1. The summed E-state index contributed by atoms with van der Waals surface area (Å²) in [6.45, 7) is 3.48. The average Bonchev–Trinajstić information content (AvgIpc) is 3.04. The summed E-state index contributed by atoms with van der Waals surface area (Å²) >= 11 is 13.2. The molecule has 1 fully saturated rings. The molecular weight excluding hydrogens is 487 g/mol. The molecule has 10 heteroatoms. The molecule has 0 bridgehead atoms. The van der Waals surface area contributed by atoms with Crippen LogP contribution < -0.4 is 14.8 Å². The first-order chi connectivity index (χ1) is 15.7. The number of benzene rings is 2. The van der Waals surface area contributed by atoms with Crippen LogP contribution in [0.15, 0.2) is 41.3 Å². The zero-order valence-corrected chi connectivity index (χ0v) is 20.5. The Morgan fingerprint density at radius 2 is 1.94 bits per heavy atom. The number of amides is 3. The highest BCUT2D eigenvalue weighted by Gasteiger charge is 2.36. The monoisotopic (exact) mass is 508 g/mol. The summed E-state index contributed by atoms with van der Waals surface area (Å²) in [5, 5.41) is 2.72. The van der Waals surface area contributed by atoms with Gasteiger partial charge in [-0.25, -0.2) is 0 Å². The Morgan fingerprint density at radius 1 is 1.21 bits per heavy atom. The Hall–Kier alpha value is -2.68. The minimum Gasteiger partial charge on any atom is -0.493 e. The summed E-state index contributed by atoms with van der Waals surface area (Å²) in [5.41, 5.74) is 0.951. The molecule has 1 aliphatic rings. The average molecular weight is 509 g/mol. The number of nitrogens with one attached hydrogen (secondary N) is 1. The van der Waals surface area contributed by atoms with Gasteiger partial charge in [0.2, 0.25) is 5.91 Å². The zero-order chi connectivity index (χ0) is 24.1. The Balaban J connectivity index is 1.77. The van der Waals surface area contributed by atoms with E-state index in [9.17, 15) is 14.4 Å². The summed E-state index contributed by atoms with van der Waals surface area (Å²) in [4.78, 5) is 38.6. The first-order valence-electron chi connectivity index (χ1n) is 10.1. The molecule has 1 saturated heterocycles. The molecule has 1 heterocycles. The van der Waals surface area contributed by atoms with Crippen molar-refractivity contribution in [3.8, 4) is 11.5 Å². The van der Waals surface area contributed by atoms with E-state index in [2.05, 4.69) is 5.32 Å². The number of halogens is 2. The molecule has 1 atom stereocenters. The van der Waals surface area contributed by atoms with Gasteiger partial charge in [-0.05, 0) is 61.0 Å². The predicted molar refractivity (Wildman–Crippen MR) is 131 cm³/mol. The summed E-state index contributed by atoms with van der Waals surface area (Å²) in [6.07, 6.45) is 2.26. The first-order valence-corrected chi connectivity index (χ1v) is 11.6. The van der Waals surface area contributed by atoms with E-state index >= 15 is 0 Å². The molecule has 2 aromatic rings. The van der Waals surface area contributed by atoms with E-state index in [0.717, 1.165) is 23.1 Å². The molecule has 0 saturated carbocycles. The number of nitrogens with zero attached hydrogens (tertiary/aromatic N) is 1. The van der Waals surface area contributed by atoms with Gasteiger partial charge >= 0.3 is 0 Å². The van der Waals surface area contributed by atoms with Crippen LogP contribution in [0.2, 0.25) is 10.0 Å². The van der Waals surface area contributed by atoms with Gasteiger partial charge in [-0.3, -0.25) is 19.3 Å². The summed E-state index contributed by atoms with van der Waals surface area (Å²) in [5.74, 6) is -0.292. The largest absolute Gasteiger partial charge is 0.493 e. The van der Waals surface area contributed by atoms with Gasteiger partial charge in [0.1, 0.15) is 6.54 Å². The molecule has 2 aromatic carbocycles. The van der Waals surface area contributed by atoms with Crippen molar-refractivity contribution in [1.82, 2.24) is 4.90 Å². The summed E-state index contributed by atoms with van der Waals surface area (Å²) in [7, 11) is 1.49. The third kappa shape index (κ3) is 6.01. The van der Waals surface area contributed by atoms with Gasteiger partial charge in [0.15, 0.2) is 11.5 Å². The third-order valence-electron chi connectivity index (χ3n) is 4.77. The molecule has 0 aromatic heterocycles. The fraction of sp³-hybridized carbons (Fsp3) is 0.261. The number of carbonyl (C=O) groups is 3. The maximum Gasteiger partial charge on any atom is 0.294 e.